The molecule has 3 N–H and O–H groups in total. The van der Waals surface area contributed by atoms with Crippen LogP contribution in [0.2, 0.25) is 0 Å². The molecule has 6 nitrogen and oxygen atoms in total. The highest BCUT2D eigenvalue weighted by molar-refractivity contribution is 5.94. The number of nitrogens with zero attached hydrogens (tertiary/aromatic N) is 1. The van der Waals surface area contributed by atoms with Gasteiger partial charge in [-0.3, -0.25) is 4.79 Å². The van der Waals surface area contributed by atoms with Crippen LogP contribution in [0.5, 0.6) is 0 Å². The van der Waals surface area contributed by atoms with Crippen molar-refractivity contribution in [3.8, 4) is 0 Å². The minimum atomic E-state index is -0.324. The maximum Gasteiger partial charge on any atom is 0.253 e. The summed E-state index contributed by atoms with van der Waals surface area (Å²) in [4.78, 5) is 16.6. The van der Waals surface area contributed by atoms with Crippen molar-refractivity contribution in [3.05, 3.63) is 42.5 Å². The molecule has 0 saturated carbocycles. The molecule has 0 bridgehead atoms. The van der Waals surface area contributed by atoms with E-state index >= 15 is 0 Å². The van der Waals surface area contributed by atoms with Gasteiger partial charge in [0.15, 0.2) is 5.96 Å². The fourth-order valence-electron chi connectivity index (χ4n) is 2.44. The molecule has 1 saturated heterocycles. The van der Waals surface area contributed by atoms with Crippen molar-refractivity contribution in [2.24, 2.45) is 4.99 Å². The van der Waals surface area contributed by atoms with Crippen molar-refractivity contribution >= 4 is 17.6 Å². The van der Waals surface area contributed by atoms with Crippen LogP contribution in [0.3, 0.4) is 0 Å². The molecule has 24 heavy (non-hydrogen) atoms. The van der Waals surface area contributed by atoms with Crippen LogP contribution in [-0.4, -0.2) is 37.7 Å². The number of carbonyl (C=O) groups excluding carboxylic acids is 1. The third kappa shape index (κ3) is 5.70. The molecule has 1 amide bonds. The van der Waals surface area contributed by atoms with Gasteiger partial charge in [0.1, 0.15) is 6.10 Å². The summed E-state index contributed by atoms with van der Waals surface area (Å²) < 4.78 is 5.40. The number of guanidine groups is 1. The number of aliphatic imine (C=N–C) groups is 1. The van der Waals surface area contributed by atoms with Gasteiger partial charge in [0.25, 0.3) is 5.91 Å². The van der Waals surface area contributed by atoms with Gasteiger partial charge in [-0.25, -0.2) is 4.99 Å². The van der Waals surface area contributed by atoms with Gasteiger partial charge in [-0.05, 0) is 37.5 Å². The van der Waals surface area contributed by atoms with Crippen LogP contribution in [0.1, 0.15) is 25.3 Å². The van der Waals surface area contributed by atoms with Crippen LogP contribution in [0, 0.1) is 0 Å². The minimum Gasteiger partial charge on any atom is -0.368 e. The predicted molar refractivity (Wildman–Crippen MR) is 97.1 cm³/mol. The summed E-state index contributed by atoms with van der Waals surface area (Å²) in [6.45, 7) is 8.34. The number of ether oxygens (including phenoxy) is 1. The van der Waals surface area contributed by atoms with E-state index in [2.05, 4.69) is 27.5 Å². The lowest BCUT2D eigenvalue weighted by atomic mass is 10.2. The van der Waals surface area contributed by atoms with Gasteiger partial charge in [0, 0.05) is 25.4 Å². The fourth-order valence-corrected chi connectivity index (χ4v) is 2.44. The van der Waals surface area contributed by atoms with E-state index < -0.39 is 0 Å². The van der Waals surface area contributed by atoms with E-state index in [1.54, 1.807) is 6.08 Å². The highest BCUT2D eigenvalue weighted by Crippen LogP contribution is 2.16. The van der Waals surface area contributed by atoms with Crippen LogP contribution >= 0.6 is 0 Å². The summed E-state index contributed by atoms with van der Waals surface area (Å²) >= 11 is 0. The number of benzene rings is 1. The second-order valence-electron chi connectivity index (χ2n) is 5.56. The SMILES string of the molecule is C=CCNC(=NCc1cccc(NC(=O)C2CCCO2)c1)NCC. The van der Waals surface area contributed by atoms with Crippen molar-refractivity contribution < 1.29 is 9.53 Å². The Balaban J connectivity index is 1.95. The summed E-state index contributed by atoms with van der Waals surface area (Å²) in [7, 11) is 0. The molecule has 130 valence electrons. The summed E-state index contributed by atoms with van der Waals surface area (Å²) in [6.07, 6.45) is 3.19. The quantitative estimate of drug-likeness (QED) is 0.406. The first-order valence-electron chi connectivity index (χ1n) is 8.37. The summed E-state index contributed by atoms with van der Waals surface area (Å²) in [6, 6.07) is 7.72. The first-order valence-corrected chi connectivity index (χ1v) is 8.37. The van der Waals surface area contributed by atoms with Crippen molar-refractivity contribution in [1.82, 2.24) is 10.6 Å². The lowest BCUT2D eigenvalue weighted by Gasteiger charge is -2.12. The Labute approximate surface area is 143 Å². The van der Waals surface area contributed by atoms with Crippen LogP contribution < -0.4 is 16.0 Å². The Hall–Kier alpha value is -2.34. The Morgan fingerprint density at radius 1 is 1.46 bits per heavy atom. The third-order valence-corrected chi connectivity index (χ3v) is 3.59. The van der Waals surface area contributed by atoms with E-state index in [-0.39, 0.29) is 12.0 Å². The zero-order valence-corrected chi connectivity index (χ0v) is 14.2. The van der Waals surface area contributed by atoms with Crippen LogP contribution in [0.25, 0.3) is 0 Å². The van der Waals surface area contributed by atoms with Crippen molar-refractivity contribution in [1.29, 1.82) is 0 Å². The highest BCUT2D eigenvalue weighted by atomic mass is 16.5. The van der Waals surface area contributed by atoms with E-state index in [4.69, 9.17) is 4.74 Å². The average Bonchev–Trinajstić information content (AvgIpc) is 3.12. The standard InChI is InChI=1S/C18H26N4O2/c1-3-10-20-18(19-4-2)21-13-14-7-5-8-15(12-14)22-17(23)16-9-6-11-24-16/h3,5,7-8,12,16H,1,4,6,9-11,13H2,2H3,(H,22,23)(H2,19,20,21). The summed E-state index contributed by atoms with van der Waals surface area (Å²) in [5.74, 6) is 0.667. The van der Waals surface area contributed by atoms with E-state index in [9.17, 15) is 4.79 Å². The lowest BCUT2D eigenvalue weighted by Crippen LogP contribution is -2.37. The van der Waals surface area contributed by atoms with Crippen molar-refractivity contribution in [3.63, 3.8) is 0 Å². The number of anilines is 1. The summed E-state index contributed by atoms with van der Waals surface area (Å²) in [5, 5.41) is 9.25. The minimum absolute atomic E-state index is 0.0749. The zero-order chi connectivity index (χ0) is 17.2. The monoisotopic (exact) mass is 330 g/mol. The Kier molecular flexibility index (Phi) is 7.29. The van der Waals surface area contributed by atoms with Crippen LogP contribution in [0.15, 0.2) is 41.9 Å². The molecule has 1 aliphatic heterocycles. The second kappa shape index (κ2) is 9.72. The number of hydrogen-bond donors (Lipinski definition) is 3. The smallest absolute Gasteiger partial charge is 0.253 e. The van der Waals surface area contributed by atoms with Gasteiger partial charge in [-0.1, -0.05) is 18.2 Å². The molecule has 0 radical (unpaired) electrons. The molecular weight excluding hydrogens is 304 g/mol. The van der Waals surface area contributed by atoms with Crippen molar-refractivity contribution in [2.45, 2.75) is 32.4 Å². The van der Waals surface area contributed by atoms with E-state index in [0.717, 1.165) is 36.6 Å². The Bertz CT molecular complexity index is 580. The molecule has 2 rings (SSSR count). The molecule has 1 atom stereocenters. The Morgan fingerprint density at radius 2 is 2.33 bits per heavy atom. The molecule has 1 aliphatic rings. The molecule has 1 unspecified atom stereocenters. The number of carbonyl (C=O) groups is 1. The Morgan fingerprint density at radius 3 is 3.04 bits per heavy atom. The zero-order valence-electron chi connectivity index (χ0n) is 14.2. The molecule has 1 fully saturated rings. The molecule has 1 heterocycles. The predicted octanol–water partition coefficient (Wildman–Crippen LogP) is 2.05. The molecule has 1 aromatic carbocycles. The molecule has 6 heteroatoms. The average molecular weight is 330 g/mol. The number of hydrogen-bond acceptors (Lipinski definition) is 3. The van der Waals surface area contributed by atoms with Gasteiger partial charge in [-0.2, -0.15) is 0 Å². The highest BCUT2D eigenvalue weighted by Gasteiger charge is 2.23. The normalized spacial score (nSPS) is 17.4. The van der Waals surface area contributed by atoms with Gasteiger partial charge in [0.05, 0.1) is 6.54 Å². The maximum absolute atomic E-state index is 12.1. The number of rotatable bonds is 7. The number of nitrogens with one attached hydrogen (secondary N) is 3. The topological polar surface area (TPSA) is 74.8 Å². The number of amides is 1. The maximum atomic E-state index is 12.1. The largest absolute Gasteiger partial charge is 0.368 e. The molecular formula is C18H26N4O2. The van der Waals surface area contributed by atoms with Gasteiger partial charge in [-0.15, -0.1) is 6.58 Å². The van der Waals surface area contributed by atoms with Crippen LogP contribution in [0.4, 0.5) is 5.69 Å². The van der Waals surface area contributed by atoms with Gasteiger partial charge < -0.3 is 20.7 Å². The van der Waals surface area contributed by atoms with Gasteiger partial charge >= 0.3 is 0 Å². The van der Waals surface area contributed by atoms with Gasteiger partial charge in [0.2, 0.25) is 0 Å². The summed E-state index contributed by atoms with van der Waals surface area (Å²) in [5.41, 5.74) is 1.79. The molecule has 0 aliphatic carbocycles. The molecule has 1 aromatic rings. The van der Waals surface area contributed by atoms with Crippen LogP contribution in [-0.2, 0) is 16.1 Å². The molecule has 0 aromatic heterocycles. The lowest BCUT2D eigenvalue weighted by molar-refractivity contribution is -0.124. The second-order valence-corrected chi connectivity index (χ2v) is 5.56. The fraction of sp³-hybridized carbons (Fsp3) is 0.444. The first-order chi connectivity index (χ1) is 11.7. The van der Waals surface area contributed by atoms with Crippen molar-refractivity contribution in [2.75, 3.05) is 25.0 Å². The van der Waals surface area contributed by atoms with E-state index in [1.807, 2.05) is 31.2 Å². The molecule has 0 spiro atoms. The third-order valence-electron chi connectivity index (χ3n) is 3.59. The van der Waals surface area contributed by atoms with E-state index in [1.165, 1.54) is 0 Å². The van der Waals surface area contributed by atoms with E-state index in [0.29, 0.717) is 19.7 Å². The first kappa shape index (κ1) is 18.0.